The summed E-state index contributed by atoms with van der Waals surface area (Å²) in [7, 11) is 0. The second-order valence-electron chi connectivity index (χ2n) is 4.88. The van der Waals surface area contributed by atoms with Gasteiger partial charge in [0.15, 0.2) is 11.4 Å². The molecule has 2 N–H and O–H groups in total. The van der Waals surface area contributed by atoms with Crippen molar-refractivity contribution >= 4 is 28.7 Å². The fourth-order valence-corrected chi connectivity index (χ4v) is 2.13. The van der Waals surface area contributed by atoms with Crippen LogP contribution in [0.25, 0.3) is 11.0 Å². The number of carbonyl (C=O) groups is 1. The Labute approximate surface area is 126 Å². The van der Waals surface area contributed by atoms with Gasteiger partial charge in [-0.05, 0) is 30.5 Å². The maximum absolute atomic E-state index is 13.5. The summed E-state index contributed by atoms with van der Waals surface area (Å²) >= 11 is 5.99. The van der Waals surface area contributed by atoms with Gasteiger partial charge in [-0.3, -0.25) is 0 Å². The first-order chi connectivity index (χ1) is 10.1. The molecule has 21 heavy (non-hydrogen) atoms. The number of furan rings is 1. The SMILES string of the molecule is C1CC1.O=C(O)NCCCc1c(Cl)cc(F)c2occc12. The van der Waals surface area contributed by atoms with Gasteiger partial charge in [0.25, 0.3) is 0 Å². The summed E-state index contributed by atoms with van der Waals surface area (Å²) in [5.41, 5.74) is 0.953. The van der Waals surface area contributed by atoms with Gasteiger partial charge in [0, 0.05) is 17.0 Å². The van der Waals surface area contributed by atoms with Gasteiger partial charge in [-0.1, -0.05) is 30.9 Å². The van der Waals surface area contributed by atoms with Crippen molar-refractivity contribution in [2.75, 3.05) is 6.54 Å². The fraction of sp³-hybridized carbons (Fsp3) is 0.400. The Kier molecular flexibility index (Phi) is 5.44. The van der Waals surface area contributed by atoms with E-state index in [0.717, 1.165) is 5.56 Å². The van der Waals surface area contributed by atoms with E-state index in [0.29, 0.717) is 29.8 Å². The molecule has 0 atom stereocenters. The van der Waals surface area contributed by atoms with Crippen LogP contribution in [-0.2, 0) is 6.42 Å². The predicted octanol–water partition coefficient (Wildman–Crippen LogP) is 4.60. The molecule has 6 heteroatoms. The highest BCUT2D eigenvalue weighted by atomic mass is 35.5. The molecule has 4 nitrogen and oxygen atoms in total. The van der Waals surface area contributed by atoms with Gasteiger partial charge in [0.05, 0.1) is 6.26 Å². The molecule has 1 aromatic carbocycles. The van der Waals surface area contributed by atoms with E-state index in [-0.39, 0.29) is 5.58 Å². The number of hydrogen-bond donors (Lipinski definition) is 2. The number of nitrogens with one attached hydrogen (secondary N) is 1. The summed E-state index contributed by atoms with van der Waals surface area (Å²) in [6, 6.07) is 2.87. The monoisotopic (exact) mass is 313 g/mol. The molecule has 2 aromatic rings. The Hall–Kier alpha value is -1.75. The molecule has 1 amide bonds. The third kappa shape index (κ3) is 4.63. The lowest BCUT2D eigenvalue weighted by molar-refractivity contribution is 0.194. The van der Waals surface area contributed by atoms with Gasteiger partial charge in [-0.15, -0.1) is 0 Å². The molecule has 3 rings (SSSR count). The Morgan fingerprint density at radius 1 is 1.43 bits per heavy atom. The lowest BCUT2D eigenvalue weighted by Gasteiger charge is -2.06. The summed E-state index contributed by atoms with van der Waals surface area (Å²) in [6.07, 6.45) is 5.98. The molecule has 1 aliphatic rings. The quantitative estimate of drug-likeness (QED) is 0.811. The van der Waals surface area contributed by atoms with E-state index in [9.17, 15) is 9.18 Å². The number of rotatable bonds is 4. The summed E-state index contributed by atoms with van der Waals surface area (Å²) < 4.78 is 18.5. The van der Waals surface area contributed by atoms with Crippen molar-refractivity contribution < 1.29 is 18.7 Å². The van der Waals surface area contributed by atoms with Crippen LogP contribution < -0.4 is 5.32 Å². The summed E-state index contributed by atoms with van der Waals surface area (Å²) in [5.74, 6) is -0.493. The fourth-order valence-electron chi connectivity index (χ4n) is 1.84. The number of fused-ring (bicyclic) bond motifs is 1. The largest absolute Gasteiger partial charge is 0.465 e. The van der Waals surface area contributed by atoms with Crippen molar-refractivity contribution in [3.8, 4) is 0 Å². The third-order valence-electron chi connectivity index (χ3n) is 2.98. The van der Waals surface area contributed by atoms with E-state index >= 15 is 0 Å². The second-order valence-corrected chi connectivity index (χ2v) is 5.29. The number of halogens is 2. The lowest BCUT2D eigenvalue weighted by atomic mass is 10.0. The average Bonchev–Trinajstić information content (AvgIpc) is 3.22. The summed E-state index contributed by atoms with van der Waals surface area (Å²) in [5, 5.41) is 11.7. The number of amides is 1. The first-order valence-corrected chi connectivity index (χ1v) is 7.28. The molecule has 1 saturated carbocycles. The highest BCUT2D eigenvalue weighted by molar-refractivity contribution is 6.32. The summed E-state index contributed by atoms with van der Waals surface area (Å²) in [4.78, 5) is 10.3. The molecule has 0 spiro atoms. The Balaban J connectivity index is 0.000000477. The minimum atomic E-state index is -1.06. The standard InChI is InChI=1S/C12H11ClFNO3.C3H6/c13-9-6-10(14)11-8(3-5-18-11)7(9)2-1-4-15-12(16)17;1-2-3-1/h3,5-6,15H,1-2,4H2,(H,16,17);1-3H2. The molecular weight excluding hydrogens is 297 g/mol. The van der Waals surface area contributed by atoms with Gasteiger partial charge in [0.1, 0.15) is 0 Å². The molecule has 0 aliphatic heterocycles. The van der Waals surface area contributed by atoms with Gasteiger partial charge in [-0.2, -0.15) is 0 Å². The van der Waals surface area contributed by atoms with Crippen LogP contribution in [0.15, 0.2) is 22.8 Å². The molecule has 1 heterocycles. The van der Waals surface area contributed by atoms with Crippen LogP contribution in [0.3, 0.4) is 0 Å². The van der Waals surface area contributed by atoms with E-state index in [4.69, 9.17) is 21.1 Å². The predicted molar refractivity (Wildman–Crippen MR) is 79.4 cm³/mol. The molecule has 0 saturated heterocycles. The van der Waals surface area contributed by atoms with Crippen LogP contribution in [-0.4, -0.2) is 17.7 Å². The maximum Gasteiger partial charge on any atom is 0.404 e. The Morgan fingerprint density at radius 3 is 2.76 bits per heavy atom. The van der Waals surface area contributed by atoms with Gasteiger partial charge >= 0.3 is 6.09 Å². The number of carboxylic acid groups (broad SMARTS) is 1. The van der Waals surface area contributed by atoms with Crippen molar-refractivity contribution in [3.05, 3.63) is 34.8 Å². The molecule has 114 valence electrons. The van der Waals surface area contributed by atoms with E-state index in [1.54, 1.807) is 6.07 Å². The van der Waals surface area contributed by atoms with Crippen LogP contribution in [0, 0.1) is 5.82 Å². The zero-order valence-corrected chi connectivity index (χ0v) is 12.3. The van der Waals surface area contributed by atoms with E-state index in [1.807, 2.05) is 0 Å². The minimum absolute atomic E-state index is 0.181. The molecule has 1 fully saturated rings. The topological polar surface area (TPSA) is 62.5 Å². The van der Waals surface area contributed by atoms with Crippen LogP contribution in [0.1, 0.15) is 31.2 Å². The normalized spacial score (nSPS) is 12.7. The molecule has 0 radical (unpaired) electrons. The Bertz CT molecular complexity index is 622. The van der Waals surface area contributed by atoms with Crippen LogP contribution in [0.4, 0.5) is 9.18 Å². The highest BCUT2D eigenvalue weighted by Crippen LogP contribution is 2.30. The van der Waals surface area contributed by atoms with E-state index in [2.05, 4.69) is 5.32 Å². The zero-order chi connectivity index (χ0) is 15.2. The van der Waals surface area contributed by atoms with E-state index in [1.165, 1.54) is 31.6 Å². The molecular formula is C15H17ClFNO3. The van der Waals surface area contributed by atoms with E-state index < -0.39 is 11.9 Å². The smallest absolute Gasteiger partial charge is 0.404 e. The average molecular weight is 314 g/mol. The first-order valence-electron chi connectivity index (χ1n) is 6.90. The van der Waals surface area contributed by atoms with Gasteiger partial charge < -0.3 is 14.8 Å². The lowest BCUT2D eigenvalue weighted by Crippen LogP contribution is -2.22. The van der Waals surface area contributed by atoms with Crippen molar-refractivity contribution in [1.82, 2.24) is 5.32 Å². The number of benzene rings is 1. The van der Waals surface area contributed by atoms with Crippen LogP contribution in [0.2, 0.25) is 5.02 Å². The second kappa shape index (κ2) is 7.31. The zero-order valence-electron chi connectivity index (χ0n) is 11.5. The third-order valence-corrected chi connectivity index (χ3v) is 3.32. The maximum atomic E-state index is 13.5. The molecule has 1 aliphatic carbocycles. The highest BCUT2D eigenvalue weighted by Gasteiger charge is 2.13. The van der Waals surface area contributed by atoms with Crippen LogP contribution >= 0.6 is 11.6 Å². The molecule has 0 bridgehead atoms. The number of hydrogen-bond acceptors (Lipinski definition) is 2. The first kappa shape index (κ1) is 15.6. The van der Waals surface area contributed by atoms with Crippen molar-refractivity contribution in [1.29, 1.82) is 0 Å². The summed E-state index contributed by atoms with van der Waals surface area (Å²) in [6.45, 7) is 0.322. The van der Waals surface area contributed by atoms with Crippen molar-refractivity contribution in [3.63, 3.8) is 0 Å². The van der Waals surface area contributed by atoms with Crippen LogP contribution in [0.5, 0.6) is 0 Å². The van der Waals surface area contributed by atoms with Crippen molar-refractivity contribution in [2.45, 2.75) is 32.1 Å². The molecule has 1 aromatic heterocycles. The van der Waals surface area contributed by atoms with Gasteiger partial charge in [-0.25, -0.2) is 9.18 Å². The minimum Gasteiger partial charge on any atom is -0.465 e. The molecule has 0 unspecified atom stereocenters. The van der Waals surface area contributed by atoms with Gasteiger partial charge in [0.2, 0.25) is 0 Å². The number of aryl methyl sites for hydroxylation is 1. The van der Waals surface area contributed by atoms with Crippen molar-refractivity contribution in [2.24, 2.45) is 0 Å². The Morgan fingerprint density at radius 2 is 2.14 bits per heavy atom.